The van der Waals surface area contributed by atoms with Crippen molar-refractivity contribution < 1.29 is 0 Å². The van der Waals surface area contributed by atoms with E-state index >= 15 is 0 Å². The van der Waals surface area contributed by atoms with Crippen molar-refractivity contribution in [1.82, 2.24) is 15.6 Å². The van der Waals surface area contributed by atoms with Crippen LogP contribution in [0.5, 0.6) is 0 Å². The SMILES string of the molecule is CN(C)c1cc(NC2CCC(NC(=S)NCc3cccc4ccccc34)CC2)nc2ccccc12. The molecule has 0 atom stereocenters. The second-order valence-electron chi connectivity index (χ2n) is 9.60. The van der Waals surface area contributed by atoms with Gasteiger partial charge in [-0.15, -0.1) is 0 Å². The quantitative estimate of drug-likeness (QED) is 0.300. The largest absolute Gasteiger partial charge is 0.377 e. The Morgan fingerprint density at radius 3 is 2.37 bits per heavy atom. The molecule has 0 aliphatic heterocycles. The summed E-state index contributed by atoms with van der Waals surface area (Å²) in [5, 5.41) is 15.1. The van der Waals surface area contributed by atoms with E-state index in [1.165, 1.54) is 27.4 Å². The van der Waals surface area contributed by atoms with E-state index in [-0.39, 0.29) is 0 Å². The van der Waals surface area contributed by atoms with Crippen molar-refractivity contribution in [1.29, 1.82) is 0 Å². The highest BCUT2D eigenvalue weighted by Crippen LogP contribution is 2.29. The molecule has 1 heterocycles. The summed E-state index contributed by atoms with van der Waals surface area (Å²) in [6.07, 6.45) is 4.36. The standard InChI is InChI=1S/C29H33N5S/c1-34(2)27-18-28(33-26-13-6-5-12-25(26)27)31-22-14-16-23(17-15-22)32-29(35)30-19-21-10-7-9-20-8-3-4-11-24(20)21/h3-13,18,22-23H,14-17,19H2,1-2H3,(H,31,33)(H2,30,32,35). The second-order valence-corrected chi connectivity index (χ2v) is 10.0. The minimum atomic E-state index is 0.405. The zero-order valence-electron chi connectivity index (χ0n) is 20.4. The third-order valence-electron chi connectivity index (χ3n) is 6.91. The van der Waals surface area contributed by atoms with Gasteiger partial charge < -0.3 is 20.9 Å². The summed E-state index contributed by atoms with van der Waals surface area (Å²) in [6.45, 7) is 0.728. The molecular weight excluding hydrogens is 450 g/mol. The van der Waals surface area contributed by atoms with E-state index in [4.69, 9.17) is 17.2 Å². The van der Waals surface area contributed by atoms with Gasteiger partial charge in [0.2, 0.25) is 0 Å². The summed E-state index contributed by atoms with van der Waals surface area (Å²) in [4.78, 5) is 7.03. The first-order valence-corrected chi connectivity index (χ1v) is 12.8. The summed E-state index contributed by atoms with van der Waals surface area (Å²) >= 11 is 5.62. The molecule has 180 valence electrons. The predicted molar refractivity (Wildman–Crippen MR) is 152 cm³/mol. The fourth-order valence-corrected chi connectivity index (χ4v) is 5.29. The third kappa shape index (κ3) is 5.49. The van der Waals surface area contributed by atoms with Gasteiger partial charge in [0.1, 0.15) is 5.82 Å². The number of hydrogen-bond acceptors (Lipinski definition) is 4. The molecule has 1 fully saturated rings. The Morgan fingerprint density at radius 2 is 1.57 bits per heavy atom. The molecule has 3 N–H and O–H groups in total. The number of fused-ring (bicyclic) bond motifs is 2. The van der Waals surface area contributed by atoms with Gasteiger partial charge in [0.25, 0.3) is 0 Å². The predicted octanol–water partition coefficient (Wildman–Crippen LogP) is 5.84. The van der Waals surface area contributed by atoms with Crippen LogP contribution in [0.25, 0.3) is 21.7 Å². The normalized spacial score (nSPS) is 17.8. The van der Waals surface area contributed by atoms with Crippen molar-refractivity contribution in [3.05, 3.63) is 78.4 Å². The molecule has 0 unspecified atom stereocenters. The van der Waals surface area contributed by atoms with Crippen LogP contribution in [0.3, 0.4) is 0 Å². The molecule has 4 aromatic rings. The van der Waals surface area contributed by atoms with Crippen LogP contribution in [0.15, 0.2) is 72.8 Å². The molecule has 6 heteroatoms. The van der Waals surface area contributed by atoms with Gasteiger partial charge in [-0.3, -0.25) is 0 Å². The monoisotopic (exact) mass is 483 g/mol. The van der Waals surface area contributed by atoms with E-state index in [9.17, 15) is 0 Å². The lowest BCUT2D eigenvalue weighted by Crippen LogP contribution is -2.44. The van der Waals surface area contributed by atoms with Crippen LogP contribution in [0, 0.1) is 0 Å². The van der Waals surface area contributed by atoms with Crippen LogP contribution in [-0.4, -0.2) is 36.3 Å². The average molecular weight is 484 g/mol. The van der Waals surface area contributed by atoms with Crippen molar-refractivity contribution in [2.75, 3.05) is 24.3 Å². The highest BCUT2D eigenvalue weighted by atomic mass is 32.1. The fourth-order valence-electron chi connectivity index (χ4n) is 5.05. The number of nitrogens with one attached hydrogen (secondary N) is 3. The van der Waals surface area contributed by atoms with Crippen LogP contribution in [0.4, 0.5) is 11.5 Å². The molecule has 1 aliphatic carbocycles. The fraction of sp³-hybridized carbons (Fsp3) is 0.310. The molecule has 0 bridgehead atoms. The Bertz CT molecular complexity index is 1320. The highest BCUT2D eigenvalue weighted by Gasteiger charge is 2.22. The molecule has 1 aromatic heterocycles. The molecular formula is C29H33N5S. The number of anilines is 2. The molecule has 5 nitrogen and oxygen atoms in total. The smallest absolute Gasteiger partial charge is 0.166 e. The van der Waals surface area contributed by atoms with Crippen molar-refractivity contribution in [3.63, 3.8) is 0 Å². The summed E-state index contributed by atoms with van der Waals surface area (Å²) < 4.78 is 0. The Labute approximate surface area is 212 Å². The average Bonchev–Trinajstić information content (AvgIpc) is 2.88. The van der Waals surface area contributed by atoms with Crippen molar-refractivity contribution >= 4 is 50.5 Å². The van der Waals surface area contributed by atoms with Gasteiger partial charge in [0.05, 0.1) is 5.52 Å². The second kappa shape index (κ2) is 10.5. The lowest BCUT2D eigenvalue weighted by atomic mass is 9.91. The van der Waals surface area contributed by atoms with Crippen molar-refractivity contribution in [2.45, 2.75) is 44.3 Å². The first kappa shape index (κ1) is 23.4. The van der Waals surface area contributed by atoms with Gasteiger partial charge in [-0.1, -0.05) is 60.7 Å². The Hall–Kier alpha value is -3.38. The van der Waals surface area contributed by atoms with Crippen molar-refractivity contribution in [3.8, 4) is 0 Å². The van der Waals surface area contributed by atoms with Gasteiger partial charge >= 0.3 is 0 Å². The number of pyridine rings is 1. The van der Waals surface area contributed by atoms with Gasteiger partial charge in [-0.05, 0) is 60.3 Å². The number of thiocarbonyl (C=S) groups is 1. The Morgan fingerprint density at radius 1 is 0.886 bits per heavy atom. The van der Waals surface area contributed by atoms with Crippen LogP contribution in [0.2, 0.25) is 0 Å². The summed E-state index contributed by atoms with van der Waals surface area (Å²) in [5.74, 6) is 0.955. The maximum atomic E-state index is 5.62. The van der Waals surface area contributed by atoms with Crippen LogP contribution < -0.4 is 20.9 Å². The number of nitrogens with zero attached hydrogens (tertiary/aromatic N) is 2. The molecule has 3 aromatic carbocycles. The number of para-hydroxylation sites is 1. The summed E-state index contributed by atoms with van der Waals surface area (Å²) in [5.41, 5.74) is 3.48. The molecule has 5 rings (SSSR count). The molecule has 0 amide bonds. The minimum Gasteiger partial charge on any atom is -0.377 e. The van der Waals surface area contributed by atoms with Crippen molar-refractivity contribution in [2.24, 2.45) is 0 Å². The molecule has 35 heavy (non-hydrogen) atoms. The van der Waals surface area contributed by atoms with Crippen LogP contribution in [-0.2, 0) is 6.54 Å². The van der Waals surface area contributed by atoms with Crippen LogP contribution in [0.1, 0.15) is 31.2 Å². The zero-order valence-corrected chi connectivity index (χ0v) is 21.2. The summed E-state index contributed by atoms with van der Waals surface area (Å²) in [6, 6.07) is 26.2. The number of benzene rings is 3. The van der Waals surface area contributed by atoms with E-state index in [1.54, 1.807) is 0 Å². The maximum Gasteiger partial charge on any atom is 0.166 e. The van der Waals surface area contributed by atoms with Gasteiger partial charge in [-0.2, -0.15) is 0 Å². The van der Waals surface area contributed by atoms with E-state index in [0.717, 1.165) is 48.7 Å². The Kier molecular flexibility index (Phi) is 7.00. The van der Waals surface area contributed by atoms with Crippen LogP contribution >= 0.6 is 12.2 Å². The van der Waals surface area contributed by atoms with Gasteiger partial charge in [-0.25, -0.2) is 4.98 Å². The molecule has 0 radical (unpaired) electrons. The number of rotatable bonds is 6. The van der Waals surface area contributed by atoms with E-state index < -0.39 is 0 Å². The van der Waals surface area contributed by atoms with E-state index in [1.807, 2.05) is 6.07 Å². The topological polar surface area (TPSA) is 52.2 Å². The molecule has 0 spiro atoms. The third-order valence-corrected chi connectivity index (χ3v) is 7.17. The van der Waals surface area contributed by atoms with Gasteiger partial charge in [0.15, 0.2) is 5.11 Å². The molecule has 1 aliphatic rings. The first-order chi connectivity index (χ1) is 17.1. The number of aromatic nitrogens is 1. The summed E-state index contributed by atoms with van der Waals surface area (Å²) in [7, 11) is 4.17. The minimum absolute atomic E-state index is 0.405. The lowest BCUT2D eigenvalue weighted by molar-refractivity contribution is 0.386. The van der Waals surface area contributed by atoms with Gasteiger partial charge in [0, 0.05) is 49.9 Å². The zero-order chi connectivity index (χ0) is 24.2. The van der Waals surface area contributed by atoms with E-state index in [0.29, 0.717) is 12.1 Å². The molecule has 0 saturated heterocycles. The first-order valence-electron chi connectivity index (χ1n) is 12.4. The lowest BCUT2D eigenvalue weighted by Gasteiger charge is -2.31. The molecule has 1 saturated carbocycles. The maximum absolute atomic E-state index is 5.62. The highest BCUT2D eigenvalue weighted by molar-refractivity contribution is 7.80. The Balaban J connectivity index is 1.13. The van der Waals surface area contributed by atoms with E-state index in [2.05, 4.69) is 102 Å². The number of hydrogen-bond donors (Lipinski definition) is 3.